The van der Waals surface area contributed by atoms with E-state index in [1.165, 1.54) is 32.1 Å². The second kappa shape index (κ2) is 11.1. The van der Waals surface area contributed by atoms with E-state index in [1.807, 2.05) is 18.2 Å². The minimum atomic E-state index is -0.691. The molecule has 0 radical (unpaired) electrons. The molecule has 1 aromatic carbocycles. The Morgan fingerprint density at radius 2 is 1.96 bits per heavy atom. The van der Waals surface area contributed by atoms with E-state index < -0.39 is 5.97 Å². The van der Waals surface area contributed by atoms with Crippen LogP contribution in [0.4, 0.5) is 0 Å². The Balaban J connectivity index is 1.78. The highest BCUT2D eigenvalue weighted by Crippen LogP contribution is 2.29. The third-order valence-corrected chi connectivity index (χ3v) is 5.01. The van der Waals surface area contributed by atoms with Crippen LogP contribution in [0.1, 0.15) is 57.4 Å². The Morgan fingerprint density at radius 1 is 1.19 bits per heavy atom. The number of benzene rings is 1. The lowest BCUT2D eigenvalue weighted by Gasteiger charge is -2.17. The summed E-state index contributed by atoms with van der Waals surface area (Å²) >= 11 is 0. The number of hydrogen-bond acceptors (Lipinski definition) is 4. The average Bonchev–Trinajstić information content (AvgIpc) is 3.10. The van der Waals surface area contributed by atoms with Gasteiger partial charge in [-0.05, 0) is 37.1 Å². The molecule has 2 rings (SSSR count). The van der Waals surface area contributed by atoms with E-state index in [0.717, 1.165) is 43.0 Å². The largest absolute Gasteiger partial charge is 0.493 e. The minimum Gasteiger partial charge on any atom is -0.493 e. The molecule has 1 N–H and O–H groups in total. The van der Waals surface area contributed by atoms with E-state index in [9.17, 15) is 4.79 Å². The van der Waals surface area contributed by atoms with Crippen molar-refractivity contribution in [3.05, 3.63) is 23.8 Å². The molecular formula is C21H33NO4. The number of carbonyl (C=O) groups is 1. The van der Waals surface area contributed by atoms with Gasteiger partial charge in [0, 0.05) is 13.1 Å². The molecule has 1 atom stereocenters. The van der Waals surface area contributed by atoms with Gasteiger partial charge < -0.3 is 14.6 Å². The number of aliphatic carboxylic acids is 1. The number of nitrogens with zero attached hydrogens (tertiary/aromatic N) is 1. The molecule has 1 aliphatic rings. The quantitative estimate of drug-likeness (QED) is 0.560. The summed E-state index contributed by atoms with van der Waals surface area (Å²) in [4.78, 5) is 13.3. The van der Waals surface area contributed by atoms with Gasteiger partial charge in [0.2, 0.25) is 0 Å². The zero-order valence-corrected chi connectivity index (χ0v) is 16.2. The summed E-state index contributed by atoms with van der Waals surface area (Å²) in [5.41, 5.74) is 1.12. The first-order valence-electron chi connectivity index (χ1n) is 9.89. The highest BCUT2D eigenvalue weighted by Gasteiger charge is 2.27. The van der Waals surface area contributed by atoms with Crippen LogP contribution in [0.5, 0.6) is 11.5 Å². The summed E-state index contributed by atoms with van der Waals surface area (Å²) in [7, 11) is 1.66. The molecule has 1 saturated heterocycles. The van der Waals surface area contributed by atoms with Crippen LogP contribution in [0, 0.1) is 5.92 Å². The maximum atomic E-state index is 11.1. The van der Waals surface area contributed by atoms with E-state index in [-0.39, 0.29) is 5.92 Å². The summed E-state index contributed by atoms with van der Waals surface area (Å²) in [5, 5.41) is 9.12. The van der Waals surface area contributed by atoms with Crippen LogP contribution in [-0.4, -0.2) is 42.8 Å². The Kier molecular flexibility index (Phi) is 8.75. The van der Waals surface area contributed by atoms with Gasteiger partial charge in [0.1, 0.15) is 0 Å². The standard InChI is InChI=1S/C21H33NO4/c1-3-4-5-6-7-8-13-26-19-10-9-17(14-20(19)25-2)15-22-12-11-18(16-22)21(23)24/h9-10,14,18H,3-8,11-13,15-16H2,1-2H3,(H,23,24). The van der Waals surface area contributed by atoms with Crippen molar-refractivity contribution in [1.29, 1.82) is 0 Å². The molecule has 0 saturated carbocycles. The highest BCUT2D eigenvalue weighted by molar-refractivity contribution is 5.70. The lowest BCUT2D eigenvalue weighted by Crippen LogP contribution is -2.22. The Hall–Kier alpha value is -1.75. The Labute approximate surface area is 157 Å². The first-order chi connectivity index (χ1) is 12.6. The van der Waals surface area contributed by atoms with Crippen molar-refractivity contribution in [2.75, 3.05) is 26.8 Å². The van der Waals surface area contributed by atoms with E-state index >= 15 is 0 Å². The molecule has 1 heterocycles. The molecule has 1 unspecified atom stereocenters. The zero-order chi connectivity index (χ0) is 18.8. The lowest BCUT2D eigenvalue weighted by atomic mass is 10.1. The third-order valence-electron chi connectivity index (χ3n) is 5.01. The fourth-order valence-electron chi connectivity index (χ4n) is 3.43. The SMILES string of the molecule is CCCCCCCCOc1ccc(CN2CCC(C(=O)O)C2)cc1OC. The maximum absolute atomic E-state index is 11.1. The predicted molar refractivity (Wildman–Crippen MR) is 103 cm³/mol. The van der Waals surface area contributed by atoms with E-state index in [1.54, 1.807) is 7.11 Å². The van der Waals surface area contributed by atoms with Crippen molar-refractivity contribution in [2.45, 2.75) is 58.4 Å². The molecule has 0 spiro atoms. The van der Waals surface area contributed by atoms with Crippen molar-refractivity contribution < 1.29 is 19.4 Å². The van der Waals surface area contributed by atoms with Crippen LogP contribution >= 0.6 is 0 Å². The molecule has 0 aliphatic carbocycles. The Bertz CT molecular complexity index is 561. The number of rotatable bonds is 12. The van der Waals surface area contributed by atoms with E-state index in [4.69, 9.17) is 14.6 Å². The fourth-order valence-corrected chi connectivity index (χ4v) is 3.43. The van der Waals surface area contributed by atoms with E-state index in [2.05, 4.69) is 11.8 Å². The van der Waals surface area contributed by atoms with Crippen molar-refractivity contribution in [2.24, 2.45) is 5.92 Å². The van der Waals surface area contributed by atoms with Gasteiger partial charge in [0.15, 0.2) is 11.5 Å². The van der Waals surface area contributed by atoms with E-state index in [0.29, 0.717) is 13.2 Å². The molecule has 1 aliphatic heterocycles. The number of carboxylic acid groups (broad SMARTS) is 1. The molecule has 5 heteroatoms. The molecule has 1 aromatic rings. The lowest BCUT2D eigenvalue weighted by molar-refractivity contribution is -0.141. The van der Waals surface area contributed by atoms with Gasteiger partial charge in [-0.25, -0.2) is 0 Å². The molecule has 5 nitrogen and oxygen atoms in total. The van der Waals surface area contributed by atoms with Gasteiger partial charge in [-0.3, -0.25) is 9.69 Å². The molecule has 146 valence electrons. The Morgan fingerprint density at radius 3 is 2.65 bits per heavy atom. The fraction of sp³-hybridized carbons (Fsp3) is 0.667. The van der Waals surface area contributed by atoms with Crippen molar-refractivity contribution >= 4 is 5.97 Å². The summed E-state index contributed by atoms with van der Waals surface area (Å²) in [6, 6.07) is 6.02. The van der Waals surface area contributed by atoms with Gasteiger partial charge in [-0.2, -0.15) is 0 Å². The van der Waals surface area contributed by atoms with Crippen molar-refractivity contribution in [1.82, 2.24) is 4.90 Å². The van der Waals surface area contributed by atoms with Gasteiger partial charge in [-0.1, -0.05) is 45.1 Å². The number of methoxy groups -OCH3 is 1. The molecule has 0 bridgehead atoms. The predicted octanol–water partition coefficient (Wildman–Crippen LogP) is 4.34. The highest BCUT2D eigenvalue weighted by atomic mass is 16.5. The summed E-state index contributed by atoms with van der Waals surface area (Å²) in [6.45, 7) is 5.14. The number of likely N-dealkylation sites (tertiary alicyclic amines) is 1. The van der Waals surface area contributed by atoms with Gasteiger partial charge >= 0.3 is 5.97 Å². The van der Waals surface area contributed by atoms with Crippen molar-refractivity contribution in [3.63, 3.8) is 0 Å². The normalized spacial score (nSPS) is 17.4. The number of hydrogen-bond donors (Lipinski definition) is 1. The van der Waals surface area contributed by atoms with Crippen LogP contribution in [0.2, 0.25) is 0 Å². The average molecular weight is 363 g/mol. The smallest absolute Gasteiger partial charge is 0.307 e. The van der Waals surface area contributed by atoms with Crippen LogP contribution in [0.25, 0.3) is 0 Å². The number of ether oxygens (including phenoxy) is 2. The number of carboxylic acids is 1. The van der Waals surface area contributed by atoms with Crippen molar-refractivity contribution in [3.8, 4) is 11.5 Å². The first-order valence-corrected chi connectivity index (χ1v) is 9.89. The summed E-state index contributed by atoms with van der Waals surface area (Å²) in [6.07, 6.45) is 8.19. The van der Waals surface area contributed by atoms with Gasteiger partial charge in [-0.15, -0.1) is 0 Å². The van der Waals surface area contributed by atoms with Crippen LogP contribution < -0.4 is 9.47 Å². The summed E-state index contributed by atoms with van der Waals surface area (Å²) in [5.74, 6) is 0.609. The molecule has 26 heavy (non-hydrogen) atoms. The second-order valence-electron chi connectivity index (χ2n) is 7.16. The first kappa shape index (κ1) is 20.6. The molecule has 0 amide bonds. The monoisotopic (exact) mass is 363 g/mol. The van der Waals surface area contributed by atoms with Gasteiger partial charge in [0.25, 0.3) is 0 Å². The maximum Gasteiger partial charge on any atom is 0.307 e. The summed E-state index contributed by atoms with van der Waals surface area (Å²) < 4.78 is 11.4. The topological polar surface area (TPSA) is 59.0 Å². The minimum absolute atomic E-state index is 0.239. The third kappa shape index (κ3) is 6.52. The molecule has 1 fully saturated rings. The van der Waals surface area contributed by atoms with Crippen LogP contribution in [0.15, 0.2) is 18.2 Å². The van der Waals surface area contributed by atoms with Crippen LogP contribution in [-0.2, 0) is 11.3 Å². The number of unbranched alkanes of at least 4 members (excludes halogenated alkanes) is 5. The second-order valence-corrected chi connectivity index (χ2v) is 7.16. The van der Waals surface area contributed by atoms with Gasteiger partial charge in [0.05, 0.1) is 19.6 Å². The van der Waals surface area contributed by atoms with Crippen LogP contribution in [0.3, 0.4) is 0 Å². The molecule has 0 aromatic heterocycles. The zero-order valence-electron chi connectivity index (χ0n) is 16.2. The molecular weight excluding hydrogens is 330 g/mol.